The van der Waals surface area contributed by atoms with Crippen molar-refractivity contribution in [3.63, 3.8) is 0 Å². The van der Waals surface area contributed by atoms with Crippen LogP contribution in [0.2, 0.25) is 0 Å². The van der Waals surface area contributed by atoms with E-state index in [9.17, 15) is 8.78 Å². The fraction of sp³-hybridized carbons (Fsp3) is 0.222. The highest BCUT2D eigenvalue weighted by Crippen LogP contribution is 2.36. The molecule has 1 aliphatic rings. The molecule has 1 saturated heterocycles. The molecule has 0 radical (unpaired) electrons. The topological polar surface area (TPSA) is 64.1 Å². The van der Waals surface area contributed by atoms with Crippen molar-refractivity contribution in [2.75, 3.05) is 11.4 Å². The molecule has 1 atom stereocenters. The number of hydrogen-bond donors (Lipinski definition) is 0. The number of nitrogens with zero attached hydrogens (tertiary/aromatic N) is 7. The van der Waals surface area contributed by atoms with Crippen LogP contribution in [0.15, 0.2) is 49.2 Å². The highest BCUT2D eigenvalue weighted by molar-refractivity contribution is 5.59. The Bertz CT molecular complexity index is 1110. The Labute approximate surface area is 152 Å². The molecule has 1 unspecified atom stereocenters. The van der Waals surface area contributed by atoms with E-state index in [0.717, 1.165) is 24.2 Å². The minimum absolute atomic E-state index is 0.306. The third-order valence-electron chi connectivity index (χ3n) is 4.82. The van der Waals surface area contributed by atoms with Crippen molar-refractivity contribution in [2.24, 2.45) is 0 Å². The van der Waals surface area contributed by atoms with Gasteiger partial charge in [-0.1, -0.05) is 0 Å². The van der Waals surface area contributed by atoms with Crippen LogP contribution >= 0.6 is 0 Å². The van der Waals surface area contributed by atoms with Gasteiger partial charge in [-0.05, 0) is 37.1 Å². The summed E-state index contributed by atoms with van der Waals surface area (Å²) in [5.41, 5.74) is 1.64. The maximum atomic E-state index is 14.3. The molecule has 4 aromatic rings. The molecular weight excluding hydrogens is 352 g/mol. The molecule has 1 aromatic carbocycles. The van der Waals surface area contributed by atoms with Gasteiger partial charge in [-0.3, -0.25) is 0 Å². The third kappa shape index (κ3) is 2.62. The largest absolute Gasteiger partial charge is 0.334 e. The standard InChI is InChI=1S/C18H15F2N7/c19-12-4-5-14(20)13(9-12)15-3-1-7-25(15)18-21-11-27-17(24-18)16(10-23-27)26-8-2-6-22-26/h2,4-6,8-11,15H,1,3,7H2. The van der Waals surface area contributed by atoms with Gasteiger partial charge in [0.2, 0.25) is 5.95 Å². The monoisotopic (exact) mass is 367 g/mol. The average Bonchev–Trinajstić information content (AvgIpc) is 3.42. The van der Waals surface area contributed by atoms with Gasteiger partial charge in [-0.25, -0.2) is 23.0 Å². The van der Waals surface area contributed by atoms with Crippen molar-refractivity contribution in [3.8, 4) is 5.69 Å². The second-order valence-electron chi connectivity index (χ2n) is 6.42. The molecule has 0 amide bonds. The zero-order valence-corrected chi connectivity index (χ0v) is 14.2. The Balaban J connectivity index is 1.58. The van der Waals surface area contributed by atoms with Crippen LogP contribution in [0.1, 0.15) is 24.4 Å². The molecule has 9 heteroatoms. The third-order valence-corrected chi connectivity index (χ3v) is 4.82. The quantitative estimate of drug-likeness (QED) is 0.557. The van der Waals surface area contributed by atoms with E-state index in [0.29, 0.717) is 30.1 Å². The number of halogens is 2. The lowest BCUT2D eigenvalue weighted by Crippen LogP contribution is -2.25. The number of rotatable bonds is 3. The summed E-state index contributed by atoms with van der Waals surface area (Å²) in [5.74, 6) is -0.412. The van der Waals surface area contributed by atoms with E-state index in [1.807, 2.05) is 11.0 Å². The van der Waals surface area contributed by atoms with Crippen LogP contribution in [-0.4, -0.2) is 35.9 Å². The first-order chi connectivity index (χ1) is 13.2. The van der Waals surface area contributed by atoms with E-state index >= 15 is 0 Å². The van der Waals surface area contributed by atoms with Gasteiger partial charge in [0.1, 0.15) is 23.6 Å². The van der Waals surface area contributed by atoms with Gasteiger partial charge in [0, 0.05) is 24.5 Å². The van der Waals surface area contributed by atoms with Crippen LogP contribution in [0.5, 0.6) is 0 Å². The maximum absolute atomic E-state index is 14.3. The maximum Gasteiger partial charge on any atom is 0.229 e. The first kappa shape index (κ1) is 15.9. The molecule has 5 rings (SSSR count). The first-order valence-electron chi connectivity index (χ1n) is 8.63. The van der Waals surface area contributed by atoms with E-state index in [1.165, 1.54) is 6.07 Å². The summed E-state index contributed by atoms with van der Waals surface area (Å²) in [6.07, 6.45) is 8.27. The van der Waals surface area contributed by atoms with E-state index in [1.54, 1.807) is 34.1 Å². The Morgan fingerprint density at radius 1 is 1.15 bits per heavy atom. The summed E-state index contributed by atoms with van der Waals surface area (Å²) < 4.78 is 31.2. The normalized spacial score (nSPS) is 17.1. The van der Waals surface area contributed by atoms with Crippen LogP contribution < -0.4 is 4.90 Å². The van der Waals surface area contributed by atoms with Crippen LogP contribution in [-0.2, 0) is 0 Å². The van der Waals surface area contributed by atoms with E-state index in [4.69, 9.17) is 0 Å². The summed E-state index contributed by atoms with van der Waals surface area (Å²) in [4.78, 5) is 10.9. The van der Waals surface area contributed by atoms with Crippen LogP contribution in [0, 0.1) is 11.6 Å². The fourth-order valence-electron chi connectivity index (χ4n) is 3.58. The van der Waals surface area contributed by atoms with E-state index in [2.05, 4.69) is 20.2 Å². The van der Waals surface area contributed by atoms with Crippen molar-refractivity contribution in [1.29, 1.82) is 0 Å². The fourth-order valence-corrected chi connectivity index (χ4v) is 3.58. The minimum atomic E-state index is -0.452. The van der Waals surface area contributed by atoms with Crippen molar-refractivity contribution in [2.45, 2.75) is 18.9 Å². The Kier molecular flexibility index (Phi) is 3.59. The van der Waals surface area contributed by atoms with Crippen LogP contribution in [0.25, 0.3) is 11.3 Å². The Morgan fingerprint density at radius 2 is 2.07 bits per heavy atom. The molecule has 0 aliphatic carbocycles. The molecule has 7 nitrogen and oxygen atoms in total. The molecule has 3 aromatic heterocycles. The number of hydrogen-bond acceptors (Lipinski definition) is 5. The molecule has 0 N–H and O–H groups in total. The lowest BCUT2D eigenvalue weighted by Gasteiger charge is -2.25. The SMILES string of the molecule is Fc1ccc(F)c(C2CCCN2c2ncn3ncc(-n4cccn4)c3n2)c1. The molecule has 0 saturated carbocycles. The number of benzene rings is 1. The Hall–Kier alpha value is -3.36. The molecule has 0 bridgehead atoms. The van der Waals surface area contributed by atoms with Crippen molar-refractivity contribution < 1.29 is 8.78 Å². The second kappa shape index (κ2) is 6.11. The molecular formula is C18H15F2N7. The zero-order chi connectivity index (χ0) is 18.4. The van der Waals surface area contributed by atoms with Crippen molar-refractivity contribution in [3.05, 3.63) is 66.4 Å². The number of anilines is 1. The predicted molar refractivity (Wildman–Crippen MR) is 93.6 cm³/mol. The molecule has 1 fully saturated rings. The first-order valence-corrected chi connectivity index (χ1v) is 8.63. The van der Waals surface area contributed by atoms with Gasteiger partial charge in [0.15, 0.2) is 5.65 Å². The lowest BCUT2D eigenvalue weighted by atomic mass is 10.0. The molecule has 4 heterocycles. The zero-order valence-electron chi connectivity index (χ0n) is 14.2. The van der Waals surface area contributed by atoms with Gasteiger partial charge in [0.05, 0.1) is 12.2 Å². The highest BCUT2D eigenvalue weighted by atomic mass is 19.1. The van der Waals surface area contributed by atoms with Crippen molar-refractivity contribution in [1.82, 2.24) is 29.4 Å². The molecule has 27 heavy (non-hydrogen) atoms. The smallest absolute Gasteiger partial charge is 0.229 e. The second-order valence-corrected chi connectivity index (χ2v) is 6.42. The number of fused-ring (bicyclic) bond motifs is 1. The molecule has 1 aliphatic heterocycles. The van der Waals surface area contributed by atoms with Crippen LogP contribution in [0.3, 0.4) is 0 Å². The molecule has 136 valence electrons. The summed E-state index contributed by atoms with van der Waals surface area (Å²) in [5, 5.41) is 8.47. The summed E-state index contributed by atoms with van der Waals surface area (Å²) in [6, 6.07) is 5.06. The predicted octanol–water partition coefficient (Wildman–Crippen LogP) is 2.93. The summed E-state index contributed by atoms with van der Waals surface area (Å²) in [7, 11) is 0. The van der Waals surface area contributed by atoms with Gasteiger partial charge < -0.3 is 4.90 Å². The average molecular weight is 367 g/mol. The summed E-state index contributed by atoms with van der Waals surface area (Å²) >= 11 is 0. The van der Waals surface area contributed by atoms with E-state index < -0.39 is 11.6 Å². The Morgan fingerprint density at radius 3 is 2.93 bits per heavy atom. The van der Waals surface area contributed by atoms with Gasteiger partial charge in [-0.2, -0.15) is 15.2 Å². The minimum Gasteiger partial charge on any atom is -0.334 e. The van der Waals surface area contributed by atoms with Gasteiger partial charge >= 0.3 is 0 Å². The van der Waals surface area contributed by atoms with Gasteiger partial charge in [0.25, 0.3) is 0 Å². The van der Waals surface area contributed by atoms with Crippen LogP contribution in [0.4, 0.5) is 14.7 Å². The summed E-state index contributed by atoms with van der Waals surface area (Å²) in [6.45, 7) is 0.669. The number of aromatic nitrogens is 6. The van der Waals surface area contributed by atoms with Gasteiger partial charge in [-0.15, -0.1) is 0 Å². The molecule has 0 spiro atoms. The van der Waals surface area contributed by atoms with E-state index in [-0.39, 0.29) is 6.04 Å². The lowest BCUT2D eigenvalue weighted by molar-refractivity contribution is 0.559. The highest BCUT2D eigenvalue weighted by Gasteiger charge is 2.30. The van der Waals surface area contributed by atoms with Crippen molar-refractivity contribution >= 4 is 11.6 Å².